The van der Waals surface area contributed by atoms with Crippen molar-refractivity contribution >= 4 is 44.2 Å². The summed E-state index contributed by atoms with van der Waals surface area (Å²) in [6.45, 7) is 2.02. The van der Waals surface area contributed by atoms with E-state index in [1.165, 1.54) is 0 Å². The second kappa shape index (κ2) is 5.46. The molecule has 0 fully saturated rings. The van der Waals surface area contributed by atoms with E-state index in [1.54, 1.807) is 6.20 Å². The van der Waals surface area contributed by atoms with Gasteiger partial charge in [0.2, 0.25) is 0 Å². The third kappa shape index (κ3) is 2.67. The fourth-order valence-corrected chi connectivity index (χ4v) is 2.60. The first-order valence-corrected chi connectivity index (χ1v) is 7.36. The van der Waals surface area contributed by atoms with Gasteiger partial charge in [-0.05, 0) is 43.3 Å². The number of halogens is 2. The summed E-state index contributed by atoms with van der Waals surface area (Å²) < 4.78 is 6.89. The van der Waals surface area contributed by atoms with Gasteiger partial charge in [-0.15, -0.1) is 0 Å². The predicted octanol–water partition coefficient (Wildman–Crippen LogP) is 5.42. The predicted molar refractivity (Wildman–Crippen MR) is 85.2 cm³/mol. The molecule has 0 aliphatic heterocycles. The zero-order chi connectivity index (χ0) is 14.1. The normalized spacial score (nSPS) is 12.6. The van der Waals surface area contributed by atoms with Gasteiger partial charge in [0, 0.05) is 16.1 Å². The lowest BCUT2D eigenvalue weighted by Crippen LogP contribution is -2.06. The maximum atomic E-state index is 6.04. The Labute approximate surface area is 130 Å². The van der Waals surface area contributed by atoms with Crippen molar-refractivity contribution in [1.82, 2.24) is 4.98 Å². The van der Waals surface area contributed by atoms with Crippen LogP contribution in [0.15, 0.2) is 51.5 Å². The summed E-state index contributed by atoms with van der Waals surface area (Å²) >= 11 is 9.50. The first kappa shape index (κ1) is 13.5. The van der Waals surface area contributed by atoms with Gasteiger partial charge in [0.1, 0.15) is 11.3 Å². The van der Waals surface area contributed by atoms with E-state index in [4.69, 9.17) is 16.0 Å². The SMILES string of the molecule is CC(Nc1cccnc1Cl)c1cc2cc(Br)ccc2o1. The van der Waals surface area contributed by atoms with Crippen LogP contribution in [0.1, 0.15) is 18.7 Å². The minimum Gasteiger partial charge on any atom is -0.459 e. The highest BCUT2D eigenvalue weighted by molar-refractivity contribution is 9.10. The summed E-state index contributed by atoms with van der Waals surface area (Å²) in [5.41, 5.74) is 1.66. The standard InChI is InChI=1S/C15H12BrClN2O/c1-9(19-12-3-2-6-18-15(12)17)14-8-10-7-11(16)4-5-13(10)20-14/h2-9,19H,1H3. The van der Waals surface area contributed by atoms with Crippen LogP contribution in [0, 0.1) is 0 Å². The lowest BCUT2D eigenvalue weighted by molar-refractivity contribution is 0.526. The van der Waals surface area contributed by atoms with Crippen LogP contribution < -0.4 is 5.32 Å². The van der Waals surface area contributed by atoms with E-state index >= 15 is 0 Å². The molecule has 0 aliphatic carbocycles. The molecule has 2 aromatic heterocycles. The Morgan fingerprint density at radius 1 is 1.30 bits per heavy atom. The van der Waals surface area contributed by atoms with E-state index in [1.807, 2.05) is 43.3 Å². The molecule has 1 atom stereocenters. The van der Waals surface area contributed by atoms with Crippen LogP contribution >= 0.6 is 27.5 Å². The van der Waals surface area contributed by atoms with Gasteiger partial charge in [-0.2, -0.15) is 0 Å². The first-order valence-electron chi connectivity index (χ1n) is 6.19. The van der Waals surface area contributed by atoms with Crippen LogP contribution in [0.3, 0.4) is 0 Å². The summed E-state index contributed by atoms with van der Waals surface area (Å²) in [6, 6.07) is 11.7. The third-order valence-corrected chi connectivity index (χ3v) is 3.85. The van der Waals surface area contributed by atoms with Gasteiger partial charge in [-0.3, -0.25) is 0 Å². The zero-order valence-electron chi connectivity index (χ0n) is 10.7. The number of benzene rings is 1. The highest BCUT2D eigenvalue weighted by Gasteiger charge is 2.13. The molecule has 2 heterocycles. The number of aromatic nitrogens is 1. The molecular weight excluding hydrogens is 340 g/mol. The number of nitrogens with one attached hydrogen (secondary N) is 1. The average molecular weight is 352 g/mol. The average Bonchev–Trinajstić information content (AvgIpc) is 2.84. The Morgan fingerprint density at radius 2 is 2.15 bits per heavy atom. The van der Waals surface area contributed by atoms with Gasteiger partial charge in [0.15, 0.2) is 5.15 Å². The molecule has 1 N–H and O–H groups in total. The molecular formula is C15H12BrClN2O. The molecule has 3 aromatic rings. The van der Waals surface area contributed by atoms with Crippen molar-refractivity contribution in [2.75, 3.05) is 5.32 Å². The molecule has 0 saturated carbocycles. The Kier molecular flexibility index (Phi) is 3.68. The van der Waals surface area contributed by atoms with Gasteiger partial charge in [0.05, 0.1) is 11.7 Å². The number of anilines is 1. The number of fused-ring (bicyclic) bond motifs is 1. The Balaban J connectivity index is 1.89. The second-order valence-corrected chi connectivity index (χ2v) is 5.81. The van der Waals surface area contributed by atoms with Gasteiger partial charge in [-0.1, -0.05) is 27.5 Å². The molecule has 1 aromatic carbocycles. The van der Waals surface area contributed by atoms with Crippen molar-refractivity contribution in [3.05, 3.63) is 58.0 Å². The van der Waals surface area contributed by atoms with Gasteiger partial charge >= 0.3 is 0 Å². The number of pyridine rings is 1. The first-order chi connectivity index (χ1) is 9.63. The Hall–Kier alpha value is -1.52. The molecule has 0 aliphatic rings. The van der Waals surface area contributed by atoms with Crippen LogP contribution in [0.2, 0.25) is 5.15 Å². The molecule has 0 radical (unpaired) electrons. The Morgan fingerprint density at radius 3 is 2.95 bits per heavy atom. The molecule has 0 saturated heterocycles. The van der Waals surface area contributed by atoms with Crippen molar-refractivity contribution in [3.8, 4) is 0 Å². The highest BCUT2D eigenvalue weighted by atomic mass is 79.9. The maximum absolute atomic E-state index is 6.04. The monoisotopic (exact) mass is 350 g/mol. The molecule has 3 nitrogen and oxygen atoms in total. The summed E-state index contributed by atoms with van der Waals surface area (Å²) in [7, 11) is 0. The summed E-state index contributed by atoms with van der Waals surface area (Å²) in [4.78, 5) is 4.05. The molecule has 0 amide bonds. The minimum atomic E-state index is 0.00266. The van der Waals surface area contributed by atoms with E-state index in [0.29, 0.717) is 5.15 Å². The lowest BCUT2D eigenvalue weighted by atomic mass is 10.2. The largest absolute Gasteiger partial charge is 0.459 e. The second-order valence-electron chi connectivity index (χ2n) is 4.54. The number of hydrogen-bond donors (Lipinski definition) is 1. The number of furan rings is 1. The minimum absolute atomic E-state index is 0.00266. The van der Waals surface area contributed by atoms with E-state index < -0.39 is 0 Å². The molecule has 102 valence electrons. The van der Waals surface area contributed by atoms with Crippen molar-refractivity contribution in [3.63, 3.8) is 0 Å². The Bertz CT molecular complexity index is 756. The molecule has 5 heteroatoms. The summed E-state index contributed by atoms with van der Waals surface area (Å²) in [5.74, 6) is 0.859. The zero-order valence-corrected chi connectivity index (χ0v) is 13.1. The van der Waals surface area contributed by atoms with E-state index in [9.17, 15) is 0 Å². The smallest absolute Gasteiger partial charge is 0.152 e. The molecule has 20 heavy (non-hydrogen) atoms. The molecule has 3 rings (SSSR count). The van der Waals surface area contributed by atoms with Crippen LogP contribution in [0.5, 0.6) is 0 Å². The maximum Gasteiger partial charge on any atom is 0.152 e. The van der Waals surface area contributed by atoms with Crippen LogP contribution in [0.25, 0.3) is 11.0 Å². The van der Waals surface area contributed by atoms with E-state index in [2.05, 4.69) is 26.2 Å². The highest BCUT2D eigenvalue weighted by Crippen LogP contribution is 2.29. The third-order valence-electron chi connectivity index (χ3n) is 3.06. The van der Waals surface area contributed by atoms with E-state index in [0.717, 1.165) is 26.9 Å². The number of rotatable bonds is 3. The van der Waals surface area contributed by atoms with Gasteiger partial charge in [-0.25, -0.2) is 4.98 Å². The number of hydrogen-bond acceptors (Lipinski definition) is 3. The van der Waals surface area contributed by atoms with Crippen molar-refractivity contribution in [2.24, 2.45) is 0 Å². The fraction of sp³-hybridized carbons (Fsp3) is 0.133. The molecule has 1 unspecified atom stereocenters. The van der Waals surface area contributed by atoms with Gasteiger partial charge < -0.3 is 9.73 Å². The molecule has 0 spiro atoms. The fourth-order valence-electron chi connectivity index (χ4n) is 2.05. The van der Waals surface area contributed by atoms with Crippen molar-refractivity contribution in [2.45, 2.75) is 13.0 Å². The quantitative estimate of drug-likeness (QED) is 0.641. The van der Waals surface area contributed by atoms with Crippen molar-refractivity contribution < 1.29 is 4.42 Å². The van der Waals surface area contributed by atoms with Crippen molar-refractivity contribution in [1.29, 1.82) is 0 Å². The van der Waals surface area contributed by atoms with Crippen LogP contribution in [0.4, 0.5) is 5.69 Å². The lowest BCUT2D eigenvalue weighted by Gasteiger charge is -2.13. The van der Waals surface area contributed by atoms with Gasteiger partial charge in [0.25, 0.3) is 0 Å². The topological polar surface area (TPSA) is 38.1 Å². The van der Waals surface area contributed by atoms with E-state index in [-0.39, 0.29) is 6.04 Å². The van der Waals surface area contributed by atoms with Crippen LogP contribution in [-0.2, 0) is 0 Å². The number of nitrogens with zero attached hydrogens (tertiary/aromatic N) is 1. The summed E-state index contributed by atoms with van der Waals surface area (Å²) in [6.07, 6.45) is 1.66. The van der Waals surface area contributed by atoms with Crippen LogP contribution in [-0.4, -0.2) is 4.98 Å². The summed E-state index contributed by atoms with van der Waals surface area (Å²) in [5, 5.41) is 4.83. The molecule has 0 bridgehead atoms.